The lowest BCUT2D eigenvalue weighted by molar-refractivity contribution is -0.153. The van der Waals surface area contributed by atoms with E-state index in [0.29, 0.717) is 25.9 Å². The summed E-state index contributed by atoms with van der Waals surface area (Å²) >= 11 is 0. The first-order valence-electron chi connectivity index (χ1n) is 9.02. The van der Waals surface area contributed by atoms with E-state index >= 15 is 0 Å². The van der Waals surface area contributed by atoms with Gasteiger partial charge in [-0.15, -0.1) is 0 Å². The van der Waals surface area contributed by atoms with Crippen LogP contribution in [0.2, 0.25) is 0 Å². The smallest absolute Gasteiger partial charge is 0.326 e. The second-order valence-electron chi connectivity index (χ2n) is 7.87. The second kappa shape index (κ2) is 9.00. The molecular formula is C18H31N3O5. The van der Waals surface area contributed by atoms with Crippen molar-refractivity contribution in [2.45, 2.75) is 53.5 Å². The summed E-state index contributed by atoms with van der Waals surface area (Å²) in [5, 5.41) is 11.9. The SMILES string of the molecule is CC(=O)NCCN(C(=O)C1CCCN(C(=O)C(C)(C)C)C1)C(C)C(=O)O. The van der Waals surface area contributed by atoms with Gasteiger partial charge in [-0.25, -0.2) is 4.79 Å². The third-order valence-electron chi connectivity index (χ3n) is 4.53. The van der Waals surface area contributed by atoms with Crippen molar-refractivity contribution in [1.82, 2.24) is 15.1 Å². The fraction of sp³-hybridized carbons (Fsp3) is 0.778. The highest BCUT2D eigenvalue weighted by atomic mass is 16.4. The van der Waals surface area contributed by atoms with Gasteiger partial charge >= 0.3 is 5.97 Å². The lowest BCUT2D eigenvalue weighted by Crippen LogP contribution is -2.53. The Kier molecular flexibility index (Phi) is 7.59. The molecule has 148 valence electrons. The van der Waals surface area contributed by atoms with Gasteiger partial charge in [0.25, 0.3) is 0 Å². The lowest BCUT2D eigenvalue weighted by Gasteiger charge is -2.38. The molecule has 2 atom stereocenters. The number of aliphatic carboxylic acids is 1. The van der Waals surface area contributed by atoms with Gasteiger partial charge in [-0.3, -0.25) is 14.4 Å². The average Bonchev–Trinajstić information content (AvgIpc) is 2.55. The molecule has 0 aromatic rings. The molecule has 1 aliphatic heterocycles. The number of piperidine rings is 1. The number of hydrogen-bond donors (Lipinski definition) is 2. The van der Waals surface area contributed by atoms with Gasteiger partial charge in [-0.1, -0.05) is 20.8 Å². The van der Waals surface area contributed by atoms with Crippen LogP contribution in [0.25, 0.3) is 0 Å². The first-order chi connectivity index (χ1) is 11.9. The zero-order valence-electron chi connectivity index (χ0n) is 16.4. The van der Waals surface area contributed by atoms with Crippen LogP contribution >= 0.6 is 0 Å². The summed E-state index contributed by atoms with van der Waals surface area (Å²) in [5.41, 5.74) is -0.523. The normalized spacial score (nSPS) is 18.8. The fourth-order valence-electron chi connectivity index (χ4n) is 3.05. The topological polar surface area (TPSA) is 107 Å². The summed E-state index contributed by atoms with van der Waals surface area (Å²) in [6, 6.07) is -0.995. The van der Waals surface area contributed by atoms with Gasteiger partial charge in [0.15, 0.2) is 0 Å². The predicted molar refractivity (Wildman–Crippen MR) is 96.3 cm³/mol. The largest absolute Gasteiger partial charge is 0.480 e. The van der Waals surface area contributed by atoms with Crippen molar-refractivity contribution in [1.29, 1.82) is 0 Å². The van der Waals surface area contributed by atoms with Crippen LogP contribution in [0.1, 0.15) is 47.5 Å². The van der Waals surface area contributed by atoms with E-state index in [-0.39, 0.29) is 30.8 Å². The lowest BCUT2D eigenvalue weighted by atomic mass is 9.90. The monoisotopic (exact) mass is 369 g/mol. The zero-order valence-corrected chi connectivity index (χ0v) is 16.4. The van der Waals surface area contributed by atoms with Gasteiger partial charge in [0.1, 0.15) is 6.04 Å². The molecule has 8 heteroatoms. The van der Waals surface area contributed by atoms with Crippen LogP contribution in [0.3, 0.4) is 0 Å². The number of hydrogen-bond acceptors (Lipinski definition) is 4. The Morgan fingerprint density at radius 1 is 1.27 bits per heavy atom. The Hall–Kier alpha value is -2.12. The van der Waals surface area contributed by atoms with E-state index in [1.165, 1.54) is 18.7 Å². The van der Waals surface area contributed by atoms with Crippen molar-refractivity contribution in [2.24, 2.45) is 11.3 Å². The number of nitrogens with one attached hydrogen (secondary N) is 1. The maximum absolute atomic E-state index is 12.9. The fourth-order valence-corrected chi connectivity index (χ4v) is 3.05. The quantitative estimate of drug-likeness (QED) is 0.717. The molecule has 0 radical (unpaired) electrons. The van der Waals surface area contributed by atoms with E-state index in [1.807, 2.05) is 20.8 Å². The van der Waals surface area contributed by atoms with Crippen molar-refractivity contribution >= 4 is 23.7 Å². The van der Waals surface area contributed by atoms with Gasteiger partial charge in [0, 0.05) is 38.5 Å². The number of amides is 3. The van der Waals surface area contributed by atoms with E-state index in [9.17, 15) is 24.3 Å². The van der Waals surface area contributed by atoms with Gasteiger partial charge < -0.3 is 20.2 Å². The Balaban J connectivity index is 2.86. The predicted octanol–water partition coefficient (Wildman–Crippen LogP) is 0.709. The molecule has 26 heavy (non-hydrogen) atoms. The highest BCUT2D eigenvalue weighted by Crippen LogP contribution is 2.25. The number of carboxylic acids is 1. The summed E-state index contributed by atoms with van der Waals surface area (Å²) in [5.74, 6) is -2.04. The van der Waals surface area contributed by atoms with Crippen molar-refractivity contribution in [2.75, 3.05) is 26.2 Å². The van der Waals surface area contributed by atoms with Crippen molar-refractivity contribution in [3.8, 4) is 0 Å². The van der Waals surface area contributed by atoms with Gasteiger partial charge in [0.2, 0.25) is 17.7 Å². The molecule has 2 N–H and O–H groups in total. The summed E-state index contributed by atoms with van der Waals surface area (Å²) < 4.78 is 0. The first-order valence-corrected chi connectivity index (χ1v) is 9.02. The minimum atomic E-state index is -1.10. The first kappa shape index (κ1) is 21.9. The summed E-state index contributed by atoms with van der Waals surface area (Å²) in [4.78, 5) is 50.9. The van der Waals surface area contributed by atoms with Crippen LogP contribution in [0.4, 0.5) is 0 Å². The Morgan fingerprint density at radius 3 is 2.38 bits per heavy atom. The highest BCUT2D eigenvalue weighted by molar-refractivity contribution is 5.86. The molecule has 0 aromatic heterocycles. The Labute approximate surface area is 154 Å². The second-order valence-corrected chi connectivity index (χ2v) is 7.87. The maximum atomic E-state index is 12.9. The van der Waals surface area contributed by atoms with Crippen LogP contribution in [-0.2, 0) is 19.2 Å². The number of likely N-dealkylation sites (tertiary alicyclic amines) is 1. The minimum absolute atomic E-state index is 0.00826. The molecule has 1 rings (SSSR count). The number of carbonyl (C=O) groups is 4. The van der Waals surface area contributed by atoms with Crippen LogP contribution in [0.5, 0.6) is 0 Å². The van der Waals surface area contributed by atoms with Gasteiger partial charge in [-0.05, 0) is 19.8 Å². The third-order valence-corrected chi connectivity index (χ3v) is 4.53. The van der Waals surface area contributed by atoms with Crippen molar-refractivity contribution < 1.29 is 24.3 Å². The molecule has 3 amide bonds. The number of carbonyl (C=O) groups excluding carboxylic acids is 3. The summed E-state index contributed by atoms with van der Waals surface area (Å²) in [7, 11) is 0. The molecule has 2 unspecified atom stereocenters. The number of nitrogens with zero attached hydrogens (tertiary/aromatic N) is 2. The zero-order chi connectivity index (χ0) is 20.1. The van der Waals surface area contributed by atoms with Crippen LogP contribution in [0, 0.1) is 11.3 Å². The third kappa shape index (κ3) is 6.00. The van der Waals surface area contributed by atoms with Crippen molar-refractivity contribution in [3.63, 3.8) is 0 Å². The van der Waals surface area contributed by atoms with E-state index in [0.717, 1.165) is 0 Å². The Morgan fingerprint density at radius 2 is 1.88 bits per heavy atom. The molecule has 0 bridgehead atoms. The summed E-state index contributed by atoms with van der Waals surface area (Å²) in [6.07, 6.45) is 1.33. The average molecular weight is 369 g/mol. The summed E-state index contributed by atoms with van der Waals surface area (Å²) in [6.45, 7) is 9.57. The standard InChI is InChI=1S/C18H31N3O5/c1-12(16(24)25)21(10-8-19-13(2)22)15(23)14-7-6-9-20(11-14)17(26)18(3,4)5/h12,14H,6-11H2,1-5H3,(H,19,22)(H,24,25). The van der Waals surface area contributed by atoms with E-state index in [1.54, 1.807) is 4.90 Å². The molecular weight excluding hydrogens is 338 g/mol. The molecule has 0 spiro atoms. The molecule has 8 nitrogen and oxygen atoms in total. The van der Waals surface area contributed by atoms with Crippen LogP contribution in [-0.4, -0.2) is 70.8 Å². The molecule has 1 fully saturated rings. The highest BCUT2D eigenvalue weighted by Gasteiger charge is 2.36. The molecule has 0 aliphatic carbocycles. The molecule has 0 aromatic carbocycles. The van der Waals surface area contributed by atoms with Crippen molar-refractivity contribution in [3.05, 3.63) is 0 Å². The number of rotatable bonds is 6. The van der Waals surface area contributed by atoms with Gasteiger partial charge in [-0.2, -0.15) is 0 Å². The maximum Gasteiger partial charge on any atom is 0.326 e. The minimum Gasteiger partial charge on any atom is -0.480 e. The molecule has 1 aliphatic rings. The Bertz CT molecular complexity index is 556. The van der Waals surface area contributed by atoms with Gasteiger partial charge in [0.05, 0.1) is 5.92 Å². The molecule has 1 saturated heterocycles. The van der Waals surface area contributed by atoms with Crippen LogP contribution in [0.15, 0.2) is 0 Å². The molecule has 0 saturated carbocycles. The van der Waals surface area contributed by atoms with E-state index in [2.05, 4.69) is 5.32 Å². The number of carboxylic acid groups (broad SMARTS) is 1. The van der Waals surface area contributed by atoms with E-state index in [4.69, 9.17) is 0 Å². The van der Waals surface area contributed by atoms with E-state index < -0.39 is 23.3 Å². The molecule has 1 heterocycles. The van der Waals surface area contributed by atoms with Crippen LogP contribution < -0.4 is 5.32 Å².